The van der Waals surface area contributed by atoms with E-state index in [0.29, 0.717) is 23.2 Å². The smallest absolute Gasteiger partial charge is 0.248 e. The van der Waals surface area contributed by atoms with E-state index >= 15 is 0 Å². The summed E-state index contributed by atoms with van der Waals surface area (Å²) in [6.45, 7) is 0. The fraction of sp³-hybridized carbons (Fsp3) is 0.167. The van der Waals surface area contributed by atoms with Gasteiger partial charge in [-0.25, -0.2) is 4.98 Å². The number of hydrogen-bond donors (Lipinski definition) is 1. The van der Waals surface area contributed by atoms with Crippen molar-refractivity contribution in [1.82, 2.24) is 4.98 Å². The van der Waals surface area contributed by atoms with E-state index in [2.05, 4.69) is 16.8 Å². The Labute approximate surface area is 129 Å². The molecule has 1 heterocycles. The number of amides is 1. The molecule has 110 valence electrons. The lowest BCUT2D eigenvalue weighted by Gasteiger charge is -2.00. The van der Waals surface area contributed by atoms with Gasteiger partial charge in [0.25, 0.3) is 0 Å². The summed E-state index contributed by atoms with van der Waals surface area (Å²) in [4.78, 5) is 25.7. The molecular weight excluding hydrogens is 276 g/mol. The van der Waals surface area contributed by atoms with Crippen molar-refractivity contribution in [2.24, 2.45) is 5.73 Å². The second kappa shape index (κ2) is 7.75. The quantitative estimate of drug-likeness (QED) is 0.522. The molecule has 0 aliphatic heterocycles. The van der Waals surface area contributed by atoms with Crippen LogP contribution in [0.3, 0.4) is 0 Å². The molecule has 0 fully saturated rings. The number of pyridine rings is 1. The Kier molecular flexibility index (Phi) is 5.44. The Hall–Kier alpha value is -2.93. The summed E-state index contributed by atoms with van der Waals surface area (Å²) in [5, 5.41) is 0. The summed E-state index contributed by atoms with van der Waals surface area (Å²) in [6, 6.07) is 12.5. The van der Waals surface area contributed by atoms with Gasteiger partial charge in [-0.1, -0.05) is 24.1 Å². The van der Waals surface area contributed by atoms with Crippen molar-refractivity contribution in [2.45, 2.75) is 19.3 Å². The first-order chi connectivity index (χ1) is 10.7. The van der Waals surface area contributed by atoms with Crippen LogP contribution >= 0.6 is 0 Å². The Bertz CT molecular complexity index is 725. The fourth-order valence-electron chi connectivity index (χ4n) is 1.96. The number of hydrogen-bond acceptors (Lipinski definition) is 3. The van der Waals surface area contributed by atoms with E-state index < -0.39 is 5.91 Å². The number of nitrogens with two attached hydrogens (primary N) is 1. The summed E-state index contributed by atoms with van der Waals surface area (Å²) in [7, 11) is 0. The monoisotopic (exact) mass is 292 g/mol. The van der Waals surface area contributed by atoms with Crippen molar-refractivity contribution in [2.75, 3.05) is 0 Å². The third-order valence-electron chi connectivity index (χ3n) is 3.11. The molecule has 0 atom stereocenters. The summed E-state index contributed by atoms with van der Waals surface area (Å²) in [5.74, 6) is 5.58. The van der Waals surface area contributed by atoms with Gasteiger partial charge < -0.3 is 5.73 Å². The molecule has 4 nitrogen and oxygen atoms in total. The zero-order chi connectivity index (χ0) is 15.8. The van der Waals surface area contributed by atoms with Crippen molar-refractivity contribution >= 4 is 12.2 Å². The zero-order valence-corrected chi connectivity index (χ0v) is 12.1. The summed E-state index contributed by atoms with van der Waals surface area (Å²) < 4.78 is 0. The SMILES string of the molecule is NC(=O)c1ccc(CCCC#Cc2cccc(C=O)n2)cc1. The molecule has 1 aromatic heterocycles. The van der Waals surface area contributed by atoms with Crippen LogP contribution in [0.1, 0.15) is 44.9 Å². The van der Waals surface area contributed by atoms with E-state index in [1.165, 1.54) is 0 Å². The van der Waals surface area contributed by atoms with Crippen LogP contribution in [0.15, 0.2) is 42.5 Å². The van der Waals surface area contributed by atoms with Gasteiger partial charge in [0.2, 0.25) is 5.91 Å². The second-order valence-electron chi connectivity index (χ2n) is 4.78. The van der Waals surface area contributed by atoms with Crippen molar-refractivity contribution in [3.63, 3.8) is 0 Å². The van der Waals surface area contributed by atoms with Gasteiger partial charge in [0.1, 0.15) is 11.4 Å². The Morgan fingerprint density at radius 3 is 2.64 bits per heavy atom. The number of aryl methyl sites for hydroxylation is 1. The molecule has 2 aromatic rings. The highest BCUT2D eigenvalue weighted by molar-refractivity contribution is 5.92. The van der Waals surface area contributed by atoms with Gasteiger partial charge in [-0.05, 0) is 48.6 Å². The number of aromatic nitrogens is 1. The van der Waals surface area contributed by atoms with Crippen LogP contribution in [0.4, 0.5) is 0 Å². The van der Waals surface area contributed by atoms with Crippen molar-refractivity contribution in [3.8, 4) is 11.8 Å². The van der Waals surface area contributed by atoms with Gasteiger partial charge in [0.15, 0.2) is 6.29 Å². The van der Waals surface area contributed by atoms with Gasteiger partial charge in [-0.15, -0.1) is 0 Å². The molecule has 0 bridgehead atoms. The van der Waals surface area contributed by atoms with Crippen molar-refractivity contribution < 1.29 is 9.59 Å². The standard InChI is InChI=1S/C18H16N2O2/c19-18(22)15-11-9-14(10-12-15)5-2-1-3-6-16-7-4-8-17(13-21)20-16/h4,7-13H,1-2,5H2,(H2,19,22). The fourth-order valence-corrected chi connectivity index (χ4v) is 1.96. The molecule has 22 heavy (non-hydrogen) atoms. The summed E-state index contributed by atoms with van der Waals surface area (Å²) >= 11 is 0. The van der Waals surface area contributed by atoms with Gasteiger partial charge >= 0.3 is 0 Å². The second-order valence-corrected chi connectivity index (χ2v) is 4.78. The average molecular weight is 292 g/mol. The van der Waals surface area contributed by atoms with Gasteiger partial charge in [0, 0.05) is 12.0 Å². The number of rotatable bonds is 5. The number of benzene rings is 1. The molecule has 2 rings (SSSR count). The number of carbonyl (C=O) groups excluding carboxylic acids is 2. The predicted octanol–water partition coefficient (Wildman–Crippen LogP) is 2.37. The highest BCUT2D eigenvalue weighted by Gasteiger charge is 1.99. The molecule has 0 saturated heterocycles. The molecule has 4 heteroatoms. The summed E-state index contributed by atoms with van der Waals surface area (Å²) in [5.41, 5.74) is 7.86. The maximum absolute atomic E-state index is 11.0. The van der Waals surface area contributed by atoms with Gasteiger partial charge in [-0.2, -0.15) is 0 Å². The molecule has 0 aliphatic carbocycles. The minimum Gasteiger partial charge on any atom is -0.366 e. The Morgan fingerprint density at radius 2 is 1.95 bits per heavy atom. The van der Waals surface area contributed by atoms with Gasteiger partial charge in [0.05, 0.1) is 0 Å². The lowest BCUT2D eigenvalue weighted by molar-refractivity contribution is 0.1000. The highest BCUT2D eigenvalue weighted by Crippen LogP contribution is 2.07. The Morgan fingerprint density at radius 1 is 1.18 bits per heavy atom. The van der Waals surface area contributed by atoms with Crippen LogP contribution in [0.25, 0.3) is 0 Å². The van der Waals surface area contributed by atoms with E-state index in [0.717, 1.165) is 24.8 Å². The number of unbranched alkanes of at least 4 members (excludes halogenated alkanes) is 1. The van der Waals surface area contributed by atoms with Crippen LogP contribution in [-0.4, -0.2) is 17.2 Å². The number of carbonyl (C=O) groups is 2. The molecule has 0 saturated carbocycles. The first-order valence-corrected chi connectivity index (χ1v) is 6.99. The van der Waals surface area contributed by atoms with E-state index in [-0.39, 0.29) is 0 Å². The minimum atomic E-state index is -0.414. The largest absolute Gasteiger partial charge is 0.366 e. The van der Waals surface area contributed by atoms with E-state index in [4.69, 9.17) is 5.73 Å². The topological polar surface area (TPSA) is 73.1 Å². The van der Waals surface area contributed by atoms with Crippen LogP contribution in [0, 0.1) is 11.8 Å². The van der Waals surface area contributed by atoms with E-state index in [1.54, 1.807) is 30.3 Å². The lowest BCUT2D eigenvalue weighted by Crippen LogP contribution is -2.10. The third-order valence-corrected chi connectivity index (χ3v) is 3.11. The molecule has 2 N–H and O–H groups in total. The first-order valence-electron chi connectivity index (χ1n) is 6.99. The first kappa shape index (κ1) is 15.5. The van der Waals surface area contributed by atoms with E-state index in [9.17, 15) is 9.59 Å². The van der Waals surface area contributed by atoms with E-state index in [1.807, 2.05) is 12.1 Å². The lowest BCUT2D eigenvalue weighted by atomic mass is 10.1. The number of nitrogens with zero attached hydrogens (tertiary/aromatic N) is 1. The molecule has 1 amide bonds. The third kappa shape index (κ3) is 4.57. The molecular formula is C18H16N2O2. The minimum absolute atomic E-state index is 0.390. The van der Waals surface area contributed by atoms with Crippen LogP contribution in [-0.2, 0) is 6.42 Å². The number of primary amides is 1. The van der Waals surface area contributed by atoms with Crippen molar-refractivity contribution in [1.29, 1.82) is 0 Å². The maximum Gasteiger partial charge on any atom is 0.248 e. The van der Waals surface area contributed by atoms with Crippen molar-refractivity contribution in [3.05, 3.63) is 65.0 Å². The molecule has 0 aliphatic rings. The molecule has 0 spiro atoms. The predicted molar refractivity (Wildman–Crippen MR) is 84.4 cm³/mol. The average Bonchev–Trinajstić information content (AvgIpc) is 2.55. The maximum atomic E-state index is 11.0. The van der Waals surface area contributed by atoms with Crippen LogP contribution in [0.5, 0.6) is 0 Å². The van der Waals surface area contributed by atoms with Gasteiger partial charge in [-0.3, -0.25) is 9.59 Å². The zero-order valence-electron chi connectivity index (χ0n) is 12.1. The molecule has 1 aromatic carbocycles. The Balaban J connectivity index is 1.83. The highest BCUT2D eigenvalue weighted by atomic mass is 16.1. The molecule has 0 radical (unpaired) electrons. The molecule has 0 unspecified atom stereocenters. The van der Waals surface area contributed by atoms with Crippen LogP contribution < -0.4 is 5.73 Å². The number of aldehydes is 1. The normalized spacial score (nSPS) is 9.64. The summed E-state index contributed by atoms with van der Waals surface area (Å²) in [6.07, 6.45) is 3.25. The van der Waals surface area contributed by atoms with Crippen LogP contribution in [0.2, 0.25) is 0 Å².